The second kappa shape index (κ2) is 12.3. The molecule has 192 valence electrons. The molecule has 8 heteroatoms. The van der Waals surface area contributed by atoms with Crippen molar-refractivity contribution in [3.8, 4) is 11.4 Å². The first-order valence-corrected chi connectivity index (χ1v) is 12.4. The summed E-state index contributed by atoms with van der Waals surface area (Å²) in [5, 5.41) is 0.474. The number of fused-ring (bicyclic) bond motifs is 1. The third-order valence-corrected chi connectivity index (χ3v) is 6.08. The Morgan fingerprint density at radius 1 is 1.03 bits per heavy atom. The molecule has 0 N–H and O–H groups in total. The van der Waals surface area contributed by atoms with Gasteiger partial charge in [0.15, 0.2) is 0 Å². The zero-order chi connectivity index (χ0) is 26.2. The van der Waals surface area contributed by atoms with Gasteiger partial charge in [-0.1, -0.05) is 38.1 Å². The predicted octanol–water partition coefficient (Wildman–Crippen LogP) is 4.67. The van der Waals surface area contributed by atoms with Crippen LogP contribution in [0, 0.1) is 5.92 Å². The van der Waals surface area contributed by atoms with E-state index in [0.29, 0.717) is 40.6 Å². The van der Waals surface area contributed by atoms with E-state index in [-0.39, 0.29) is 30.9 Å². The van der Waals surface area contributed by atoms with E-state index in [1.165, 1.54) is 4.57 Å². The molecule has 36 heavy (non-hydrogen) atoms. The number of carbonyl (C=O) groups excluding carboxylic acids is 2. The third kappa shape index (κ3) is 6.11. The normalized spacial score (nSPS) is 11.9. The summed E-state index contributed by atoms with van der Waals surface area (Å²) in [6.07, 6.45) is 0.789. The molecule has 0 bridgehead atoms. The van der Waals surface area contributed by atoms with Crippen LogP contribution in [0.2, 0.25) is 0 Å². The number of benzene rings is 2. The van der Waals surface area contributed by atoms with Crippen LogP contribution in [0.1, 0.15) is 58.8 Å². The van der Waals surface area contributed by atoms with Crippen LogP contribution in [-0.4, -0.2) is 46.6 Å². The summed E-state index contributed by atoms with van der Waals surface area (Å²) in [4.78, 5) is 45.6. The fraction of sp³-hybridized carbons (Fsp3) is 0.429. The Bertz CT molecular complexity index is 1270. The molecule has 0 fully saturated rings. The van der Waals surface area contributed by atoms with Crippen LogP contribution in [0.5, 0.6) is 5.75 Å². The lowest BCUT2D eigenvalue weighted by molar-refractivity contribution is -0.146. The molecule has 0 aliphatic heterocycles. The molecule has 0 saturated heterocycles. The Labute approximate surface area is 211 Å². The number of esters is 1. The summed E-state index contributed by atoms with van der Waals surface area (Å²) in [6, 6.07) is 13.9. The number of hydrogen-bond donors (Lipinski definition) is 0. The molecule has 0 saturated carbocycles. The largest absolute Gasteiger partial charge is 0.495 e. The van der Waals surface area contributed by atoms with Crippen molar-refractivity contribution in [3.63, 3.8) is 0 Å². The van der Waals surface area contributed by atoms with Gasteiger partial charge in [-0.25, -0.2) is 4.98 Å². The van der Waals surface area contributed by atoms with Crippen LogP contribution >= 0.6 is 0 Å². The van der Waals surface area contributed by atoms with Crippen LogP contribution in [0.3, 0.4) is 0 Å². The number of carbonyl (C=O) groups is 2. The smallest absolute Gasteiger partial charge is 0.306 e. The van der Waals surface area contributed by atoms with Gasteiger partial charge < -0.3 is 14.4 Å². The van der Waals surface area contributed by atoms with Gasteiger partial charge in [0.1, 0.15) is 11.6 Å². The monoisotopic (exact) mass is 493 g/mol. The van der Waals surface area contributed by atoms with Gasteiger partial charge in [0.2, 0.25) is 5.91 Å². The maximum atomic E-state index is 13.8. The van der Waals surface area contributed by atoms with Crippen molar-refractivity contribution in [1.29, 1.82) is 0 Å². The lowest BCUT2D eigenvalue weighted by Gasteiger charge is -2.31. The molecule has 1 aromatic heterocycles. The van der Waals surface area contributed by atoms with Crippen molar-refractivity contribution in [2.24, 2.45) is 5.92 Å². The van der Waals surface area contributed by atoms with E-state index in [1.54, 1.807) is 49.3 Å². The lowest BCUT2D eigenvalue weighted by atomic mass is 10.1. The number of methoxy groups -OCH3 is 1. The SMILES string of the molecule is CCOC(=O)CCC(=O)N(CCC(C)C)C(C)c1nc2ccccc2c(=O)n1-c1ccccc1OC. The number of ether oxygens (including phenoxy) is 2. The minimum Gasteiger partial charge on any atom is -0.495 e. The third-order valence-electron chi connectivity index (χ3n) is 6.08. The fourth-order valence-corrected chi connectivity index (χ4v) is 4.13. The molecule has 1 amide bonds. The van der Waals surface area contributed by atoms with Gasteiger partial charge in [-0.15, -0.1) is 0 Å². The van der Waals surface area contributed by atoms with Crippen LogP contribution in [-0.2, 0) is 14.3 Å². The highest BCUT2D eigenvalue weighted by atomic mass is 16.5. The molecular formula is C28H35N3O5. The quantitative estimate of drug-likeness (QED) is 0.361. The molecule has 1 unspecified atom stereocenters. The first-order valence-electron chi connectivity index (χ1n) is 12.4. The van der Waals surface area contributed by atoms with Crippen LogP contribution in [0.4, 0.5) is 0 Å². The van der Waals surface area contributed by atoms with Crippen molar-refractivity contribution >= 4 is 22.8 Å². The molecular weight excluding hydrogens is 458 g/mol. The van der Waals surface area contributed by atoms with E-state index in [2.05, 4.69) is 13.8 Å². The summed E-state index contributed by atoms with van der Waals surface area (Å²) in [5.74, 6) is 0.713. The number of amides is 1. The Kier molecular flexibility index (Phi) is 9.22. The summed E-state index contributed by atoms with van der Waals surface area (Å²) in [6.45, 7) is 8.52. The van der Waals surface area contributed by atoms with Crippen molar-refractivity contribution in [2.75, 3.05) is 20.3 Å². The number of rotatable bonds is 11. The van der Waals surface area contributed by atoms with Crippen molar-refractivity contribution < 1.29 is 19.1 Å². The van der Waals surface area contributed by atoms with E-state index < -0.39 is 12.0 Å². The lowest BCUT2D eigenvalue weighted by Crippen LogP contribution is -2.38. The van der Waals surface area contributed by atoms with Gasteiger partial charge >= 0.3 is 5.97 Å². The van der Waals surface area contributed by atoms with E-state index >= 15 is 0 Å². The maximum absolute atomic E-state index is 13.8. The maximum Gasteiger partial charge on any atom is 0.306 e. The summed E-state index contributed by atoms with van der Waals surface area (Å²) in [5.41, 5.74) is 0.862. The molecule has 1 heterocycles. The van der Waals surface area contributed by atoms with Gasteiger partial charge in [-0.2, -0.15) is 0 Å². The first-order chi connectivity index (χ1) is 17.3. The minimum atomic E-state index is -0.541. The summed E-state index contributed by atoms with van der Waals surface area (Å²) >= 11 is 0. The Morgan fingerprint density at radius 3 is 2.42 bits per heavy atom. The molecule has 0 radical (unpaired) electrons. The van der Waals surface area contributed by atoms with Crippen LogP contribution in [0.15, 0.2) is 53.3 Å². The Morgan fingerprint density at radius 2 is 1.72 bits per heavy atom. The number of aromatic nitrogens is 2. The van der Waals surface area contributed by atoms with Gasteiger partial charge in [-0.3, -0.25) is 19.0 Å². The van der Waals surface area contributed by atoms with Gasteiger partial charge in [0.05, 0.1) is 42.8 Å². The fourth-order valence-electron chi connectivity index (χ4n) is 4.13. The molecule has 3 aromatic rings. The highest BCUT2D eigenvalue weighted by Gasteiger charge is 2.28. The molecule has 8 nitrogen and oxygen atoms in total. The summed E-state index contributed by atoms with van der Waals surface area (Å²) in [7, 11) is 1.55. The van der Waals surface area contributed by atoms with Crippen LogP contribution in [0.25, 0.3) is 16.6 Å². The van der Waals surface area contributed by atoms with Crippen molar-refractivity contribution in [3.05, 3.63) is 64.7 Å². The van der Waals surface area contributed by atoms with Gasteiger partial charge in [-0.05, 0) is 50.5 Å². The molecule has 0 aliphatic rings. The van der Waals surface area contributed by atoms with E-state index in [4.69, 9.17) is 14.5 Å². The standard InChI is InChI=1S/C28H35N3O5/c1-6-36-26(33)16-15-25(32)30(18-17-19(2)3)20(4)27-29-22-12-8-7-11-21(22)28(34)31(27)23-13-9-10-14-24(23)35-5/h7-14,19-20H,6,15-18H2,1-5H3. The second-order valence-electron chi connectivity index (χ2n) is 9.05. The highest BCUT2D eigenvalue weighted by Crippen LogP contribution is 2.28. The molecule has 0 aliphatic carbocycles. The zero-order valence-corrected chi connectivity index (χ0v) is 21.7. The van der Waals surface area contributed by atoms with Gasteiger partial charge in [0.25, 0.3) is 5.56 Å². The number of para-hydroxylation sites is 3. The second-order valence-corrected chi connectivity index (χ2v) is 9.05. The Hall–Kier alpha value is -3.68. The summed E-state index contributed by atoms with van der Waals surface area (Å²) < 4.78 is 12.1. The number of hydrogen-bond acceptors (Lipinski definition) is 6. The van der Waals surface area contributed by atoms with Crippen LogP contribution < -0.4 is 10.3 Å². The molecule has 3 rings (SSSR count). The number of nitrogens with zero attached hydrogens (tertiary/aromatic N) is 3. The van der Waals surface area contributed by atoms with E-state index in [0.717, 1.165) is 6.42 Å². The topological polar surface area (TPSA) is 90.7 Å². The van der Waals surface area contributed by atoms with Crippen molar-refractivity contribution in [2.45, 2.75) is 53.0 Å². The Balaban J connectivity index is 2.14. The molecule has 1 atom stereocenters. The molecule has 2 aromatic carbocycles. The van der Waals surface area contributed by atoms with Crippen molar-refractivity contribution in [1.82, 2.24) is 14.5 Å². The molecule has 0 spiro atoms. The minimum absolute atomic E-state index is 0.00202. The predicted molar refractivity (Wildman–Crippen MR) is 139 cm³/mol. The average molecular weight is 494 g/mol. The van der Waals surface area contributed by atoms with Gasteiger partial charge in [0, 0.05) is 13.0 Å². The zero-order valence-electron chi connectivity index (χ0n) is 21.7. The average Bonchev–Trinajstić information content (AvgIpc) is 2.87. The van der Waals surface area contributed by atoms with E-state index in [1.807, 2.05) is 25.1 Å². The highest BCUT2D eigenvalue weighted by molar-refractivity contribution is 5.82. The van der Waals surface area contributed by atoms with E-state index in [9.17, 15) is 14.4 Å². The first kappa shape index (κ1) is 26.9.